The number of rotatable bonds is 6. The number of sulfone groups is 1. The van der Waals surface area contributed by atoms with Gasteiger partial charge in [0.15, 0.2) is 16.4 Å². The van der Waals surface area contributed by atoms with Crippen LogP contribution in [-0.4, -0.2) is 43.4 Å². The molecule has 2 aromatic carbocycles. The maximum atomic E-state index is 13.0. The van der Waals surface area contributed by atoms with Crippen LogP contribution < -0.4 is 4.74 Å². The summed E-state index contributed by atoms with van der Waals surface area (Å²) in [4.78, 5) is 14.6. The van der Waals surface area contributed by atoms with E-state index < -0.39 is 9.84 Å². The van der Waals surface area contributed by atoms with E-state index in [1.165, 1.54) is 0 Å². The van der Waals surface area contributed by atoms with E-state index in [1.807, 2.05) is 26.0 Å². The van der Waals surface area contributed by atoms with Crippen LogP contribution in [0.2, 0.25) is 10.0 Å². The summed E-state index contributed by atoms with van der Waals surface area (Å²) in [6, 6.07) is 10.4. The van der Waals surface area contributed by atoms with Crippen LogP contribution in [0.15, 0.2) is 36.4 Å². The van der Waals surface area contributed by atoms with Gasteiger partial charge in [0.25, 0.3) is 5.91 Å². The Labute approximate surface area is 181 Å². The fourth-order valence-electron chi connectivity index (χ4n) is 3.45. The van der Waals surface area contributed by atoms with Crippen molar-refractivity contribution in [3.63, 3.8) is 0 Å². The zero-order chi connectivity index (χ0) is 21.2. The highest BCUT2D eigenvalue weighted by molar-refractivity contribution is 7.91. The molecule has 1 aliphatic heterocycles. The van der Waals surface area contributed by atoms with E-state index >= 15 is 0 Å². The van der Waals surface area contributed by atoms with E-state index in [0.717, 1.165) is 16.7 Å². The van der Waals surface area contributed by atoms with Crippen molar-refractivity contribution in [3.05, 3.63) is 63.1 Å². The molecule has 1 saturated heterocycles. The van der Waals surface area contributed by atoms with Crippen LogP contribution in [0.1, 0.15) is 23.1 Å². The molecular weight excluding hydrogens is 433 g/mol. The number of halogens is 2. The van der Waals surface area contributed by atoms with Crippen LogP contribution in [0.25, 0.3) is 0 Å². The maximum absolute atomic E-state index is 13.0. The molecule has 0 bridgehead atoms. The third-order valence-electron chi connectivity index (χ3n) is 5.01. The molecule has 0 N–H and O–H groups in total. The van der Waals surface area contributed by atoms with Gasteiger partial charge in [-0.1, -0.05) is 35.3 Å². The monoisotopic (exact) mass is 455 g/mol. The minimum absolute atomic E-state index is 0.0223. The van der Waals surface area contributed by atoms with E-state index in [1.54, 1.807) is 29.2 Å². The summed E-state index contributed by atoms with van der Waals surface area (Å²) in [7, 11) is -3.13. The predicted octanol–water partition coefficient (Wildman–Crippen LogP) is 4.20. The molecule has 1 aliphatic rings. The van der Waals surface area contributed by atoms with Crippen molar-refractivity contribution in [1.82, 2.24) is 4.90 Å². The van der Waals surface area contributed by atoms with Gasteiger partial charge in [0.1, 0.15) is 5.75 Å². The molecule has 156 valence electrons. The number of benzene rings is 2. The zero-order valence-electron chi connectivity index (χ0n) is 16.3. The van der Waals surface area contributed by atoms with Gasteiger partial charge in [-0.3, -0.25) is 4.79 Å². The number of carbonyl (C=O) groups is 1. The molecular formula is C21H23Cl2NO4S. The largest absolute Gasteiger partial charge is 0.484 e. The van der Waals surface area contributed by atoms with Gasteiger partial charge in [-0.25, -0.2) is 8.42 Å². The van der Waals surface area contributed by atoms with Gasteiger partial charge in [-0.15, -0.1) is 0 Å². The molecule has 0 aromatic heterocycles. The summed E-state index contributed by atoms with van der Waals surface area (Å²) >= 11 is 12.1. The summed E-state index contributed by atoms with van der Waals surface area (Å²) in [6.07, 6.45) is 0.431. The molecule has 2 aromatic rings. The van der Waals surface area contributed by atoms with Crippen molar-refractivity contribution < 1.29 is 17.9 Å². The Bertz CT molecular complexity index is 983. The summed E-state index contributed by atoms with van der Waals surface area (Å²) in [6.45, 7) is 3.88. The molecule has 0 spiro atoms. The Morgan fingerprint density at radius 1 is 1.14 bits per heavy atom. The van der Waals surface area contributed by atoms with Gasteiger partial charge in [-0.2, -0.15) is 0 Å². The lowest BCUT2D eigenvalue weighted by atomic mass is 10.1. The number of hydrogen-bond acceptors (Lipinski definition) is 4. The summed E-state index contributed by atoms with van der Waals surface area (Å²) < 4.78 is 29.6. The van der Waals surface area contributed by atoms with Crippen LogP contribution in [0.3, 0.4) is 0 Å². The van der Waals surface area contributed by atoms with Gasteiger partial charge < -0.3 is 9.64 Å². The Kier molecular flexibility index (Phi) is 6.76. The van der Waals surface area contributed by atoms with E-state index in [2.05, 4.69) is 0 Å². The summed E-state index contributed by atoms with van der Waals surface area (Å²) in [5.74, 6) is 0.375. The van der Waals surface area contributed by atoms with Crippen molar-refractivity contribution in [2.75, 3.05) is 18.1 Å². The third-order valence-corrected chi connectivity index (χ3v) is 7.61. The second-order valence-corrected chi connectivity index (χ2v) is 10.4. The van der Waals surface area contributed by atoms with E-state index in [4.69, 9.17) is 27.9 Å². The lowest BCUT2D eigenvalue weighted by Gasteiger charge is -2.28. The molecule has 1 amide bonds. The Balaban J connectivity index is 1.75. The van der Waals surface area contributed by atoms with Crippen LogP contribution in [0, 0.1) is 13.8 Å². The first-order valence-electron chi connectivity index (χ1n) is 9.28. The lowest BCUT2D eigenvalue weighted by Crippen LogP contribution is -2.43. The molecule has 8 heteroatoms. The van der Waals surface area contributed by atoms with Crippen molar-refractivity contribution in [2.24, 2.45) is 0 Å². The van der Waals surface area contributed by atoms with Gasteiger partial charge in [0, 0.05) is 22.6 Å². The number of aryl methyl sites for hydroxylation is 2. The molecule has 3 rings (SSSR count). The third kappa shape index (κ3) is 5.65. The number of nitrogens with zero attached hydrogens (tertiary/aromatic N) is 1. The molecule has 0 aliphatic carbocycles. The average molecular weight is 456 g/mol. The van der Waals surface area contributed by atoms with Crippen molar-refractivity contribution >= 4 is 38.9 Å². The van der Waals surface area contributed by atoms with Crippen LogP contribution in [0.4, 0.5) is 0 Å². The lowest BCUT2D eigenvalue weighted by molar-refractivity contribution is -0.136. The molecule has 5 nitrogen and oxygen atoms in total. The van der Waals surface area contributed by atoms with Gasteiger partial charge in [-0.05, 0) is 61.2 Å². The zero-order valence-corrected chi connectivity index (χ0v) is 18.6. The van der Waals surface area contributed by atoms with Gasteiger partial charge >= 0.3 is 0 Å². The molecule has 0 radical (unpaired) electrons. The van der Waals surface area contributed by atoms with Crippen LogP contribution >= 0.6 is 23.2 Å². The molecule has 1 atom stereocenters. The highest BCUT2D eigenvalue weighted by Gasteiger charge is 2.34. The predicted molar refractivity (Wildman–Crippen MR) is 115 cm³/mol. The molecule has 1 unspecified atom stereocenters. The summed E-state index contributed by atoms with van der Waals surface area (Å²) in [5.41, 5.74) is 2.62. The standard InChI is InChI=1S/C21H23Cl2NO4S/c1-14-9-19(10-15(2)21(14)23)28-12-20(25)24(18-7-8-29(26,27)13-18)11-16-3-5-17(22)6-4-16/h3-6,9-10,18H,7-8,11-13H2,1-2H3. The number of amides is 1. The van der Waals surface area contributed by atoms with E-state index in [0.29, 0.717) is 28.8 Å². The number of hydrogen-bond donors (Lipinski definition) is 0. The maximum Gasteiger partial charge on any atom is 0.261 e. The Morgan fingerprint density at radius 3 is 2.31 bits per heavy atom. The number of ether oxygens (including phenoxy) is 1. The van der Waals surface area contributed by atoms with Crippen molar-refractivity contribution in [1.29, 1.82) is 0 Å². The van der Waals surface area contributed by atoms with E-state index in [9.17, 15) is 13.2 Å². The highest BCUT2D eigenvalue weighted by atomic mass is 35.5. The van der Waals surface area contributed by atoms with Crippen LogP contribution in [0.5, 0.6) is 5.75 Å². The molecule has 1 heterocycles. The Morgan fingerprint density at radius 2 is 1.76 bits per heavy atom. The highest BCUT2D eigenvalue weighted by Crippen LogP contribution is 2.26. The molecule has 1 fully saturated rings. The normalized spacial score (nSPS) is 17.9. The second kappa shape index (κ2) is 8.94. The van der Waals surface area contributed by atoms with Crippen molar-refractivity contribution in [3.8, 4) is 5.75 Å². The average Bonchev–Trinajstić information content (AvgIpc) is 3.03. The fourth-order valence-corrected chi connectivity index (χ4v) is 5.41. The first kappa shape index (κ1) is 21.9. The van der Waals surface area contributed by atoms with Crippen molar-refractivity contribution in [2.45, 2.75) is 32.9 Å². The molecule has 29 heavy (non-hydrogen) atoms. The molecule has 0 saturated carbocycles. The SMILES string of the molecule is Cc1cc(OCC(=O)N(Cc2ccc(Cl)cc2)C2CCS(=O)(=O)C2)cc(C)c1Cl. The van der Waals surface area contributed by atoms with Crippen LogP contribution in [-0.2, 0) is 21.2 Å². The first-order valence-corrected chi connectivity index (χ1v) is 11.9. The van der Waals surface area contributed by atoms with Gasteiger partial charge in [0.2, 0.25) is 0 Å². The Hall–Kier alpha value is -1.76. The minimum atomic E-state index is -3.13. The quantitative estimate of drug-likeness (QED) is 0.654. The smallest absolute Gasteiger partial charge is 0.261 e. The second-order valence-electron chi connectivity index (χ2n) is 7.36. The number of carbonyl (C=O) groups excluding carboxylic acids is 1. The summed E-state index contributed by atoms with van der Waals surface area (Å²) in [5, 5.41) is 1.27. The van der Waals surface area contributed by atoms with E-state index in [-0.39, 0.29) is 30.1 Å². The topological polar surface area (TPSA) is 63.7 Å². The minimum Gasteiger partial charge on any atom is -0.484 e. The fraction of sp³-hybridized carbons (Fsp3) is 0.381. The first-order chi connectivity index (χ1) is 13.6. The van der Waals surface area contributed by atoms with Gasteiger partial charge in [0.05, 0.1) is 11.5 Å².